The molecule has 2 heterocycles. The van der Waals surface area contributed by atoms with Crippen molar-refractivity contribution in [2.75, 3.05) is 12.8 Å². The highest BCUT2D eigenvalue weighted by atomic mass is 32.2. The van der Waals surface area contributed by atoms with E-state index in [1.54, 1.807) is 6.26 Å². The van der Waals surface area contributed by atoms with Crippen LogP contribution in [0.4, 0.5) is 0 Å². The first kappa shape index (κ1) is 26.2. The van der Waals surface area contributed by atoms with Crippen LogP contribution in [0.5, 0.6) is 0 Å². The quantitative estimate of drug-likeness (QED) is 0.349. The van der Waals surface area contributed by atoms with Crippen LogP contribution < -0.4 is 10.6 Å². The minimum atomic E-state index is -1.30. The first-order valence-corrected chi connectivity index (χ1v) is 13.9. The standard InChI is InChI=1S/C24H44N2O5S/c1-14(2)18(22-20(28)19(27)21(29)24(31-22)32-3)26-23(30)17-13-16(11-12-25-17)10-6-9-15-7-4-5-8-15/h14-22,24-25,27-29H,4-13H2,1-3H3,(H,26,30)/t16?,17?,18?,19-,20+,21+,22+,24+/m1/s1. The average molecular weight is 473 g/mol. The molecule has 2 saturated heterocycles. The summed E-state index contributed by atoms with van der Waals surface area (Å²) < 4.78 is 5.93. The van der Waals surface area contributed by atoms with Gasteiger partial charge in [0.1, 0.15) is 29.9 Å². The highest BCUT2D eigenvalue weighted by molar-refractivity contribution is 7.99. The molecular weight excluding hydrogens is 428 g/mol. The summed E-state index contributed by atoms with van der Waals surface area (Å²) in [6.45, 7) is 4.78. The van der Waals surface area contributed by atoms with Crippen LogP contribution in [0.3, 0.4) is 0 Å². The molecule has 0 aromatic rings. The van der Waals surface area contributed by atoms with Gasteiger partial charge in [0.15, 0.2) is 0 Å². The number of aliphatic hydroxyl groups is 3. The first-order valence-electron chi connectivity index (χ1n) is 12.6. The van der Waals surface area contributed by atoms with Crippen LogP contribution >= 0.6 is 11.8 Å². The maximum atomic E-state index is 13.2. The Morgan fingerprint density at radius 3 is 2.41 bits per heavy atom. The second-order valence-electron chi connectivity index (χ2n) is 10.4. The number of hydrogen-bond acceptors (Lipinski definition) is 7. The van der Waals surface area contributed by atoms with Crippen molar-refractivity contribution in [1.29, 1.82) is 0 Å². The van der Waals surface area contributed by atoms with Gasteiger partial charge in [-0.05, 0) is 43.4 Å². The molecule has 1 aliphatic carbocycles. The van der Waals surface area contributed by atoms with Crippen molar-refractivity contribution in [3.63, 3.8) is 0 Å². The minimum absolute atomic E-state index is 0.00523. The molecule has 3 unspecified atom stereocenters. The fourth-order valence-electron chi connectivity index (χ4n) is 5.71. The third-order valence-corrected chi connectivity index (χ3v) is 8.60. The van der Waals surface area contributed by atoms with Gasteiger partial charge in [-0.2, -0.15) is 0 Å². The van der Waals surface area contributed by atoms with Gasteiger partial charge in [-0.25, -0.2) is 0 Å². The summed E-state index contributed by atoms with van der Waals surface area (Å²) in [6.07, 6.45) is 8.60. The number of carbonyl (C=O) groups is 1. The summed E-state index contributed by atoms with van der Waals surface area (Å²) in [6, 6.07) is -0.701. The van der Waals surface area contributed by atoms with Crippen LogP contribution in [-0.4, -0.2) is 76.0 Å². The number of nitrogens with one attached hydrogen (secondary N) is 2. The van der Waals surface area contributed by atoms with Crippen LogP contribution in [0.15, 0.2) is 0 Å². The van der Waals surface area contributed by atoms with Gasteiger partial charge >= 0.3 is 0 Å². The zero-order valence-corrected chi connectivity index (χ0v) is 20.7. The molecule has 8 atom stereocenters. The Labute approximate surface area is 197 Å². The summed E-state index contributed by atoms with van der Waals surface area (Å²) in [5, 5.41) is 37.5. The number of carbonyl (C=O) groups excluding carboxylic acids is 1. The molecule has 0 radical (unpaired) electrons. The molecule has 32 heavy (non-hydrogen) atoms. The van der Waals surface area contributed by atoms with Gasteiger partial charge in [0.25, 0.3) is 0 Å². The molecule has 3 fully saturated rings. The Kier molecular flexibility index (Phi) is 10.1. The molecule has 1 saturated carbocycles. The van der Waals surface area contributed by atoms with Crippen molar-refractivity contribution in [3.8, 4) is 0 Å². The van der Waals surface area contributed by atoms with Crippen molar-refractivity contribution in [2.45, 2.75) is 114 Å². The monoisotopic (exact) mass is 472 g/mol. The van der Waals surface area contributed by atoms with Crippen molar-refractivity contribution in [2.24, 2.45) is 17.8 Å². The summed E-state index contributed by atoms with van der Waals surface area (Å²) >= 11 is 1.29. The number of aliphatic hydroxyl groups excluding tert-OH is 3. The Morgan fingerprint density at radius 1 is 1.06 bits per heavy atom. The molecule has 0 aromatic heterocycles. The third kappa shape index (κ3) is 6.60. The first-order chi connectivity index (χ1) is 15.3. The van der Waals surface area contributed by atoms with Crippen molar-refractivity contribution < 1.29 is 24.9 Å². The second kappa shape index (κ2) is 12.4. The van der Waals surface area contributed by atoms with E-state index >= 15 is 0 Å². The summed E-state index contributed by atoms with van der Waals surface area (Å²) in [4.78, 5) is 13.2. The fraction of sp³-hybridized carbons (Fsp3) is 0.958. The van der Waals surface area contributed by atoms with E-state index in [2.05, 4.69) is 10.6 Å². The van der Waals surface area contributed by atoms with Gasteiger partial charge in [0.2, 0.25) is 5.91 Å². The topological polar surface area (TPSA) is 111 Å². The summed E-state index contributed by atoms with van der Waals surface area (Å²) in [5.41, 5.74) is -0.645. The highest BCUT2D eigenvalue weighted by Crippen LogP contribution is 2.32. The van der Waals surface area contributed by atoms with Crippen molar-refractivity contribution in [1.82, 2.24) is 10.6 Å². The lowest BCUT2D eigenvalue weighted by molar-refractivity contribution is -0.208. The summed E-state index contributed by atoms with van der Waals surface area (Å²) in [7, 11) is 0. The predicted octanol–water partition coefficient (Wildman–Crippen LogP) is 2.03. The van der Waals surface area contributed by atoms with Crippen molar-refractivity contribution >= 4 is 17.7 Å². The number of hydrogen-bond donors (Lipinski definition) is 5. The lowest BCUT2D eigenvalue weighted by atomic mass is 9.85. The molecule has 0 bridgehead atoms. The molecule has 3 rings (SSSR count). The summed E-state index contributed by atoms with van der Waals surface area (Å²) in [5.74, 6) is 1.42. The Bertz CT molecular complexity index is 587. The molecule has 1 amide bonds. The predicted molar refractivity (Wildman–Crippen MR) is 127 cm³/mol. The van der Waals surface area contributed by atoms with Gasteiger partial charge in [-0.3, -0.25) is 4.79 Å². The molecule has 2 aliphatic heterocycles. The zero-order valence-electron chi connectivity index (χ0n) is 19.9. The lowest BCUT2D eigenvalue weighted by Crippen LogP contribution is -2.65. The van der Waals surface area contributed by atoms with Crippen LogP contribution in [0.25, 0.3) is 0 Å². The van der Waals surface area contributed by atoms with Gasteiger partial charge in [-0.15, -0.1) is 11.8 Å². The molecule has 7 nitrogen and oxygen atoms in total. The molecule has 0 aromatic carbocycles. The Hall–Kier alpha value is -0.380. The van der Waals surface area contributed by atoms with Crippen LogP contribution in [0, 0.1) is 17.8 Å². The van der Waals surface area contributed by atoms with Crippen molar-refractivity contribution in [3.05, 3.63) is 0 Å². The molecule has 0 spiro atoms. The number of rotatable bonds is 9. The van der Waals surface area contributed by atoms with Crippen LogP contribution in [0.1, 0.15) is 71.6 Å². The molecule has 3 aliphatic rings. The number of ether oxygens (including phenoxy) is 1. The Balaban J connectivity index is 1.54. The van der Waals surface area contributed by atoms with E-state index in [9.17, 15) is 20.1 Å². The number of piperidine rings is 1. The van der Waals surface area contributed by atoms with Gasteiger partial charge < -0.3 is 30.7 Å². The number of thioether (sulfide) groups is 1. The zero-order chi connectivity index (χ0) is 23.3. The minimum Gasteiger partial charge on any atom is -0.388 e. The van der Waals surface area contributed by atoms with E-state index in [1.165, 1.54) is 56.7 Å². The average Bonchev–Trinajstić information content (AvgIpc) is 3.30. The molecule has 5 N–H and O–H groups in total. The van der Waals surface area contributed by atoms with Gasteiger partial charge in [-0.1, -0.05) is 58.8 Å². The SMILES string of the molecule is CS[C@@H]1O[C@@H](C(NC(=O)C2CC(CCCC3CCCC3)CCN2)C(C)C)[C@@H](O)[C@@H](O)[C@@H]1O. The Morgan fingerprint density at radius 2 is 1.75 bits per heavy atom. The number of amides is 1. The second-order valence-corrected chi connectivity index (χ2v) is 11.4. The van der Waals surface area contributed by atoms with E-state index in [0.29, 0.717) is 5.92 Å². The maximum absolute atomic E-state index is 13.2. The lowest BCUT2D eigenvalue weighted by Gasteiger charge is -2.44. The fourth-order valence-corrected chi connectivity index (χ4v) is 6.39. The largest absolute Gasteiger partial charge is 0.388 e. The third-order valence-electron chi connectivity index (χ3n) is 7.75. The normalized spacial score (nSPS) is 37.5. The van der Waals surface area contributed by atoms with E-state index in [-0.39, 0.29) is 17.9 Å². The van der Waals surface area contributed by atoms with Crippen LogP contribution in [0.2, 0.25) is 0 Å². The van der Waals surface area contributed by atoms with Crippen LogP contribution in [-0.2, 0) is 9.53 Å². The smallest absolute Gasteiger partial charge is 0.237 e. The van der Waals surface area contributed by atoms with Gasteiger partial charge in [0, 0.05) is 0 Å². The van der Waals surface area contributed by atoms with Gasteiger partial charge in [0.05, 0.1) is 12.1 Å². The molecule has 8 heteroatoms. The highest BCUT2D eigenvalue weighted by Gasteiger charge is 2.47. The van der Waals surface area contributed by atoms with E-state index in [4.69, 9.17) is 4.74 Å². The van der Waals surface area contributed by atoms with E-state index < -0.39 is 35.9 Å². The van der Waals surface area contributed by atoms with E-state index in [0.717, 1.165) is 25.3 Å². The van der Waals surface area contributed by atoms with E-state index in [1.807, 2.05) is 13.8 Å². The molecule has 186 valence electrons. The molecular formula is C24H44N2O5S. The maximum Gasteiger partial charge on any atom is 0.237 e.